The van der Waals surface area contributed by atoms with Crippen LogP contribution in [-0.4, -0.2) is 17.4 Å². The van der Waals surface area contributed by atoms with Crippen molar-refractivity contribution in [3.8, 4) is 0 Å². The maximum atomic E-state index is 13.7. The number of aromatic nitrogens is 1. The Hall–Kier alpha value is -2.69. The van der Waals surface area contributed by atoms with Crippen LogP contribution in [0.15, 0.2) is 48.7 Å². The van der Waals surface area contributed by atoms with Gasteiger partial charge in [0.15, 0.2) is 0 Å². The molecule has 124 valence electrons. The third-order valence-electron chi connectivity index (χ3n) is 4.18. The van der Waals surface area contributed by atoms with Crippen molar-refractivity contribution in [1.29, 1.82) is 0 Å². The molecule has 3 aromatic rings. The molecule has 1 amide bonds. The molecule has 5 heteroatoms. The van der Waals surface area contributed by atoms with Crippen LogP contribution in [0.2, 0.25) is 0 Å². The summed E-state index contributed by atoms with van der Waals surface area (Å²) >= 11 is 0. The number of carbonyl (C=O) groups is 1. The van der Waals surface area contributed by atoms with Gasteiger partial charge in [-0.2, -0.15) is 0 Å². The summed E-state index contributed by atoms with van der Waals surface area (Å²) in [6.45, 7) is 4.19. The fraction of sp³-hybridized carbons (Fsp3) is 0.211. The number of nitrogens with one attached hydrogen (secondary N) is 2. The predicted octanol–water partition coefficient (Wildman–Crippen LogP) is 4.15. The van der Waals surface area contributed by atoms with Crippen LogP contribution in [-0.2, 0) is 5.41 Å². The van der Waals surface area contributed by atoms with Gasteiger partial charge in [0.1, 0.15) is 11.6 Å². The molecule has 0 fully saturated rings. The Bertz CT molecular complexity index is 899. The van der Waals surface area contributed by atoms with Crippen molar-refractivity contribution < 1.29 is 13.6 Å². The Morgan fingerprint density at radius 3 is 2.67 bits per heavy atom. The minimum Gasteiger partial charge on any atom is -0.361 e. The van der Waals surface area contributed by atoms with E-state index in [1.165, 1.54) is 30.3 Å². The Morgan fingerprint density at radius 2 is 1.92 bits per heavy atom. The zero-order valence-electron chi connectivity index (χ0n) is 13.5. The van der Waals surface area contributed by atoms with Crippen molar-refractivity contribution in [2.75, 3.05) is 6.54 Å². The summed E-state index contributed by atoms with van der Waals surface area (Å²) < 4.78 is 27.2. The lowest BCUT2D eigenvalue weighted by atomic mass is 9.84. The van der Waals surface area contributed by atoms with Crippen molar-refractivity contribution in [2.45, 2.75) is 19.3 Å². The molecule has 2 N–H and O–H groups in total. The molecule has 1 aromatic heterocycles. The molecule has 0 radical (unpaired) electrons. The fourth-order valence-electron chi connectivity index (χ4n) is 2.79. The molecule has 0 aliphatic heterocycles. The van der Waals surface area contributed by atoms with Gasteiger partial charge in [0.05, 0.1) is 5.56 Å². The van der Waals surface area contributed by atoms with Gasteiger partial charge in [0, 0.05) is 29.1 Å². The minimum absolute atomic E-state index is 0.0123. The number of fused-ring (bicyclic) bond motifs is 1. The molecule has 0 aliphatic rings. The highest BCUT2D eigenvalue weighted by Crippen LogP contribution is 2.30. The molecule has 0 aliphatic carbocycles. The maximum absolute atomic E-state index is 13.7. The average Bonchev–Trinajstić information content (AvgIpc) is 2.97. The number of benzene rings is 2. The highest BCUT2D eigenvalue weighted by Gasteiger charge is 2.25. The van der Waals surface area contributed by atoms with Gasteiger partial charge in [-0.1, -0.05) is 26.0 Å². The summed E-state index contributed by atoms with van der Waals surface area (Å²) in [5.41, 5.74) is 1.29. The second kappa shape index (κ2) is 6.07. The number of H-pyrrole nitrogens is 1. The van der Waals surface area contributed by atoms with Crippen molar-refractivity contribution in [3.05, 3.63) is 71.4 Å². The number of rotatable bonds is 4. The van der Waals surface area contributed by atoms with Gasteiger partial charge in [-0.3, -0.25) is 4.79 Å². The van der Waals surface area contributed by atoms with Gasteiger partial charge in [-0.15, -0.1) is 0 Å². The van der Waals surface area contributed by atoms with E-state index in [0.29, 0.717) is 6.54 Å². The zero-order chi connectivity index (χ0) is 17.3. The quantitative estimate of drug-likeness (QED) is 0.742. The highest BCUT2D eigenvalue weighted by molar-refractivity contribution is 5.94. The summed E-state index contributed by atoms with van der Waals surface area (Å²) in [7, 11) is 0. The number of halogens is 2. The molecule has 0 unspecified atom stereocenters. The SMILES string of the molecule is CC(C)(CNC(=O)c1ccccc1F)c1c[nH]c2ccc(F)cc12. The first-order valence-corrected chi connectivity index (χ1v) is 7.68. The van der Waals surface area contributed by atoms with Crippen LogP contribution in [0.25, 0.3) is 10.9 Å². The number of hydrogen-bond acceptors (Lipinski definition) is 1. The van der Waals surface area contributed by atoms with Crippen LogP contribution in [0, 0.1) is 11.6 Å². The van der Waals surface area contributed by atoms with Crippen molar-refractivity contribution in [1.82, 2.24) is 10.3 Å². The number of aromatic amines is 1. The van der Waals surface area contributed by atoms with E-state index in [-0.39, 0.29) is 11.4 Å². The molecule has 0 bridgehead atoms. The topological polar surface area (TPSA) is 44.9 Å². The second-order valence-corrected chi connectivity index (χ2v) is 6.44. The van der Waals surface area contributed by atoms with E-state index < -0.39 is 17.1 Å². The predicted molar refractivity (Wildman–Crippen MR) is 90.0 cm³/mol. The normalized spacial score (nSPS) is 11.7. The third-order valence-corrected chi connectivity index (χ3v) is 4.18. The van der Waals surface area contributed by atoms with Gasteiger partial charge >= 0.3 is 0 Å². The molecule has 2 aromatic carbocycles. The Balaban J connectivity index is 1.82. The van der Waals surface area contributed by atoms with Crippen LogP contribution >= 0.6 is 0 Å². The molecule has 0 atom stereocenters. The lowest BCUT2D eigenvalue weighted by molar-refractivity contribution is 0.0941. The monoisotopic (exact) mass is 328 g/mol. The van der Waals surface area contributed by atoms with E-state index in [2.05, 4.69) is 10.3 Å². The average molecular weight is 328 g/mol. The van der Waals surface area contributed by atoms with Crippen LogP contribution in [0.5, 0.6) is 0 Å². The molecule has 0 spiro atoms. The standard InChI is InChI=1S/C19H18F2N2O/c1-19(2,11-23-18(24)13-5-3-4-6-16(13)21)15-10-22-17-8-7-12(20)9-14(15)17/h3-10,22H,11H2,1-2H3,(H,23,24). The molecule has 1 heterocycles. The summed E-state index contributed by atoms with van der Waals surface area (Å²) in [6, 6.07) is 10.4. The van der Waals surface area contributed by atoms with E-state index in [4.69, 9.17) is 0 Å². The lowest BCUT2D eigenvalue weighted by Gasteiger charge is -2.25. The smallest absolute Gasteiger partial charge is 0.254 e. The number of amides is 1. The van der Waals surface area contributed by atoms with Crippen LogP contribution < -0.4 is 5.32 Å². The zero-order valence-corrected chi connectivity index (χ0v) is 13.5. The van der Waals surface area contributed by atoms with Crippen LogP contribution in [0.1, 0.15) is 29.8 Å². The van der Waals surface area contributed by atoms with E-state index in [0.717, 1.165) is 16.5 Å². The van der Waals surface area contributed by atoms with Gasteiger partial charge in [-0.25, -0.2) is 8.78 Å². The number of carbonyl (C=O) groups excluding carboxylic acids is 1. The highest BCUT2D eigenvalue weighted by atomic mass is 19.1. The number of hydrogen-bond donors (Lipinski definition) is 2. The van der Waals surface area contributed by atoms with Crippen molar-refractivity contribution in [3.63, 3.8) is 0 Å². The second-order valence-electron chi connectivity index (χ2n) is 6.44. The van der Waals surface area contributed by atoms with Gasteiger partial charge in [0.2, 0.25) is 0 Å². The maximum Gasteiger partial charge on any atom is 0.254 e. The van der Waals surface area contributed by atoms with E-state index in [1.54, 1.807) is 12.1 Å². The Labute approximate surface area is 138 Å². The summed E-state index contributed by atoms with van der Waals surface area (Å²) in [5.74, 6) is -1.33. The van der Waals surface area contributed by atoms with Gasteiger partial charge < -0.3 is 10.3 Å². The van der Waals surface area contributed by atoms with Crippen molar-refractivity contribution >= 4 is 16.8 Å². The first-order chi connectivity index (χ1) is 11.4. The minimum atomic E-state index is -0.554. The molecular formula is C19H18F2N2O. The van der Waals surface area contributed by atoms with E-state index >= 15 is 0 Å². The molecule has 0 saturated heterocycles. The van der Waals surface area contributed by atoms with Gasteiger partial charge in [0.25, 0.3) is 5.91 Å². The fourth-order valence-corrected chi connectivity index (χ4v) is 2.79. The summed E-state index contributed by atoms with van der Waals surface area (Å²) in [5, 5.41) is 3.54. The summed E-state index contributed by atoms with van der Waals surface area (Å²) in [6.07, 6.45) is 1.82. The molecule has 3 nitrogen and oxygen atoms in total. The largest absolute Gasteiger partial charge is 0.361 e. The summed E-state index contributed by atoms with van der Waals surface area (Å²) in [4.78, 5) is 15.3. The van der Waals surface area contributed by atoms with Crippen molar-refractivity contribution in [2.24, 2.45) is 0 Å². The lowest BCUT2D eigenvalue weighted by Crippen LogP contribution is -2.36. The van der Waals surface area contributed by atoms with Crippen LogP contribution in [0.3, 0.4) is 0 Å². The third kappa shape index (κ3) is 3.02. The van der Waals surface area contributed by atoms with Gasteiger partial charge in [-0.05, 0) is 35.9 Å². The Morgan fingerprint density at radius 1 is 1.17 bits per heavy atom. The molecule has 0 saturated carbocycles. The first kappa shape index (κ1) is 16.2. The van der Waals surface area contributed by atoms with E-state index in [9.17, 15) is 13.6 Å². The molecule has 3 rings (SSSR count). The Kier molecular flexibility index (Phi) is 4.09. The van der Waals surface area contributed by atoms with E-state index in [1.807, 2.05) is 20.0 Å². The first-order valence-electron chi connectivity index (χ1n) is 7.68. The van der Waals surface area contributed by atoms with Crippen LogP contribution in [0.4, 0.5) is 8.78 Å². The molecule has 24 heavy (non-hydrogen) atoms. The molecular weight excluding hydrogens is 310 g/mol.